The SMILES string of the molecule is C=CC[C@@H]1C=C(C)C[C@H](C)C[C@H](OC)[C@@H](O)[C@@H](OC)C[C@@H](C)C(O)(C(=O)O)C(=O)N2CCCC[C@H]2C(=O)O[C@H](/C(C)=C/[C@@H]2CC[C@@H](O)[C@H](OC)C2)[C@H](C)[C@@H](O)CC1=O. The van der Waals surface area contributed by atoms with Crippen LogP contribution in [0.1, 0.15) is 105 Å². The van der Waals surface area contributed by atoms with Gasteiger partial charge in [-0.15, -0.1) is 6.58 Å². The molecule has 0 bridgehead atoms. The zero-order valence-corrected chi connectivity index (χ0v) is 35.9. The van der Waals surface area contributed by atoms with Gasteiger partial charge < -0.3 is 49.4 Å². The van der Waals surface area contributed by atoms with E-state index in [4.69, 9.17) is 18.9 Å². The molecule has 2 aliphatic heterocycles. The number of carbonyl (C=O) groups excluding carboxylic acids is 3. The van der Waals surface area contributed by atoms with Crippen molar-refractivity contribution >= 4 is 23.6 Å². The number of methoxy groups -OCH3 is 3. The van der Waals surface area contributed by atoms with E-state index in [0.717, 1.165) is 10.5 Å². The van der Waals surface area contributed by atoms with Crippen LogP contribution in [0.4, 0.5) is 0 Å². The van der Waals surface area contributed by atoms with Crippen molar-refractivity contribution in [3.8, 4) is 0 Å². The van der Waals surface area contributed by atoms with Crippen LogP contribution in [0.25, 0.3) is 0 Å². The summed E-state index contributed by atoms with van der Waals surface area (Å²) in [5.41, 5.74) is -1.47. The predicted molar refractivity (Wildman–Crippen MR) is 216 cm³/mol. The molecule has 330 valence electrons. The van der Waals surface area contributed by atoms with E-state index in [1.807, 2.05) is 26.0 Å². The molecule has 5 N–H and O–H groups in total. The van der Waals surface area contributed by atoms with Crippen LogP contribution >= 0.6 is 0 Å². The standard InChI is InChI=1S/C44H71NO13/c1-10-13-31-19-25(2)18-26(3)20-37(56-8)39(49)38(57-9)22-28(5)44(54,43(52)53)42(51)45-17-12-11-14-32(45)41(50)58-40(29(6)34(47)24-35(31)48)27(4)21-30-15-16-33(46)36(23-30)55-7/h10,19,21,26,28-34,36-40,46-47,49,54H,1,11-18,20,22-24H2,2-9H3,(H,52,53)/b25-19?,27-21+/t26-,28+,29+,30-,31+,32-,33+,34-,36+,37-,38-,39+,40+,44?/m0/s1. The topological polar surface area (TPSA) is 210 Å². The van der Waals surface area contributed by atoms with Crippen molar-refractivity contribution < 1.29 is 63.7 Å². The van der Waals surface area contributed by atoms with E-state index in [-0.39, 0.29) is 49.5 Å². The van der Waals surface area contributed by atoms with Crippen molar-refractivity contribution in [3.63, 3.8) is 0 Å². The highest BCUT2D eigenvalue weighted by Crippen LogP contribution is 2.35. The van der Waals surface area contributed by atoms with E-state index in [1.165, 1.54) is 28.3 Å². The number of rotatable bonds is 8. The summed E-state index contributed by atoms with van der Waals surface area (Å²) in [5.74, 6) is -6.78. The molecule has 2 heterocycles. The van der Waals surface area contributed by atoms with Crippen molar-refractivity contribution in [1.29, 1.82) is 0 Å². The molecule has 1 amide bonds. The molecule has 0 aromatic heterocycles. The number of nitrogens with zero attached hydrogens (tertiary/aromatic N) is 1. The van der Waals surface area contributed by atoms with E-state index < -0.39 is 83.9 Å². The van der Waals surface area contributed by atoms with Gasteiger partial charge in [-0.3, -0.25) is 9.59 Å². The van der Waals surface area contributed by atoms with Crippen LogP contribution in [-0.2, 0) is 38.1 Å². The van der Waals surface area contributed by atoms with E-state index in [2.05, 4.69) is 6.58 Å². The number of cyclic esters (lactones) is 1. The molecule has 14 nitrogen and oxygen atoms in total. The fraction of sp³-hybridized carbons (Fsp3) is 0.773. The summed E-state index contributed by atoms with van der Waals surface area (Å²) in [6.07, 6.45) is 2.69. The van der Waals surface area contributed by atoms with E-state index in [0.29, 0.717) is 56.9 Å². The number of carboxylic acid groups (broad SMARTS) is 1. The number of esters is 1. The average molecular weight is 822 g/mol. The number of aliphatic hydroxyl groups is 4. The highest BCUT2D eigenvalue weighted by molar-refractivity contribution is 6.06. The molecular formula is C44H71NO13. The number of amides is 1. The van der Waals surface area contributed by atoms with Crippen LogP contribution in [0.15, 0.2) is 36.0 Å². The number of ether oxygens (including phenoxy) is 4. The first kappa shape index (κ1) is 49.4. The molecule has 1 saturated heterocycles. The van der Waals surface area contributed by atoms with Crippen molar-refractivity contribution in [2.75, 3.05) is 27.9 Å². The fourth-order valence-electron chi connectivity index (χ4n) is 9.15. The third-order valence-electron chi connectivity index (χ3n) is 12.8. The minimum atomic E-state index is -2.99. The zero-order chi connectivity index (χ0) is 43.5. The Bertz CT molecular complexity index is 1460. The molecule has 58 heavy (non-hydrogen) atoms. The fourth-order valence-corrected chi connectivity index (χ4v) is 9.15. The number of ketones is 1. The lowest BCUT2D eigenvalue weighted by Crippen LogP contribution is -2.63. The number of fused-ring (bicyclic) bond motifs is 1. The summed E-state index contributed by atoms with van der Waals surface area (Å²) in [6.45, 7) is 12.6. The summed E-state index contributed by atoms with van der Waals surface area (Å²) >= 11 is 0. The molecule has 1 saturated carbocycles. The van der Waals surface area contributed by atoms with Gasteiger partial charge >= 0.3 is 11.9 Å². The van der Waals surface area contributed by atoms with Gasteiger partial charge in [0, 0.05) is 52.0 Å². The number of allylic oxidation sites excluding steroid dienone is 4. The molecule has 0 spiro atoms. The summed E-state index contributed by atoms with van der Waals surface area (Å²) in [7, 11) is 4.33. The minimum Gasteiger partial charge on any atom is -0.479 e. The predicted octanol–water partition coefficient (Wildman–Crippen LogP) is 4.16. The Morgan fingerprint density at radius 2 is 1.57 bits per heavy atom. The monoisotopic (exact) mass is 821 g/mol. The molecule has 0 aromatic carbocycles. The van der Waals surface area contributed by atoms with Crippen molar-refractivity contribution in [2.24, 2.45) is 29.6 Å². The lowest BCUT2D eigenvalue weighted by molar-refractivity contribution is -0.186. The molecule has 0 aromatic rings. The van der Waals surface area contributed by atoms with Crippen LogP contribution in [0.2, 0.25) is 0 Å². The first-order valence-corrected chi connectivity index (χ1v) is 20.9. The maximum Gasteiger partial charge on any atom is 0.345 e. The number of carboxylic acids is 1. The van der Waals surface area contributed by atoms with Gasteiger partial charge in [-0.2, -0.15) is 0 Å². The molecular weight excluding hydrogens is 750 g/mol. The van der Waals surface area contributed by atoms with Crippen molar-refractivity contribution in [2.45, 2.75) is 160 Å². The maximum atomic E-state index is 14.3. The smallest absolute Gasteiger partial charge is 0.345 e. The zero-order valence-electron chi connectivity index (χ0n) is 35.9. The van der Waals surface area contributed by atoms with Gasteiger partial charge in [0.25, 0.3) is 5.91 Å². The Morgan fingerprint density at radius 3 is 2.17 bits per heavy atom. The quantitative estimate of drug-likeness (QED) is 0.133. The average Bonchev–Trinajstić information content (AvgIpc) is 3.19. The summed E-state index contributed by atoms with van der Waals surface area (Å²) in [4.78, 5) is 56.5. The molecule has 14 atom stereocenters. The molecule has 3 rings (SSSR count). The third-order valence-corrected chi connectivity index (χ3v) is 12.8. The molecule has 1 unspecified atom stereocenters. The largest absolute Gasteiger partial charge is 0.479 e. The number of carbonyl (C=O) groups is 4. The van der Waals surface area contributed by atoms with Crippen LogP contribution in [0, 0.1) is 29.6 Å². The Kier molecular flexibility index (Phi) is 19.2. The molecule has 3 aliphatic rings. The molecule has 0 radical (unpaired) electrons. The minimum absolute atomic E-state index is 0.0204. The normalized spacial score (nSPS) is 38.7. The van der Waals surface area contributed by atoms with E-state index in [1.54, 1.807) is 19.9 Å². The number of hydrogen-bond acceptors (Lipinski definition) is 12. The third kappa shape index (κ3) is 12.3. The second-order valence-electron chi connectivity index (χ2n) is 17.2. The van der Waals surface area contributed by atoms with Crippen molar-refractivity contribution in [3.05, 3.63) is 36.0 Å². The van der Waals surface area contributed by atoms with Crippen LogP contribution in [-0.4, -0.2) is 136 Å². The number of aliphatic hydroxyl groups excluding tert-OH is 3. The number of piperidine rings is 1. The summed E-state index contributed by atoms with van der Waals surface area (Å²) in [5, 5.41) is 55.9. The van der Waals surface area contributed by atoms with Gasteiger partial charge in [0.2, 0.25) is 5.60 Å². The van der Waals surface area contributed by atoms with Gasteiger partial charge in [0.1, 0.15) is 24.0 Å². The second-order valence-corrected chi connectivity index (χ2v) is 17.2. The lowest BCUT2D eigenvalue weighted by Gasteiger charge is -2.41. The second kappa shape index (κ2) is 22.6. The first-order chi connectivity index (χ1) is 27.3. The van der Waals surface area contributed by atoms with E-state index in [9.17, 15) is 44.7 Å². The van der Waals surface area contributed by atoms with Gasteiger partial charge in [0.15, 0.2) is 0 Å². The van der Waals surface area contributed by atoms with Gasteiger partial charge in [-0.25, -0.2) is 9.59 Å². The molecule has 2 fully saturated rings. The van der Waals surface area contributed by atoms with Crippen LogP contribution < -0.4 is 0 Å². The molecule has 14 heteroatoms. The lowest BCUT2D eigenvalue weighted by atomic mass is 9.80. The maximum absolute atomic E-state index is 14.3. The number of Topliss-reactive ketones (excluding diaryl/α,β-unsaturated/α-hetero) is 1. The van der Waals surface area contributed by atoms with Gasteiger partial charge in [0.05, 0.1) is 30.5 Å². The van der Waals surface area contributed by atoms with Gasteiger partial charge in [-0.05, 0) is 95.5 Å². The van der Waals surface area contributed by atoms with Crippen LogP contribution in [0.5, 0.6) is 0 Å². The first-order valence-electron chi connectivity index (χ1n) is 20.9. The number of aliphatic carboxylic acids is 1. The van der Waals surface area contributed by atoms with E-state index >= 15 is 0 Å². The highest BCUT2D eigenvalue weighted by Gasteiger charge is 2.54. The Hall–Kier alpha value is -2.98. The van der Waals surface area contributed by atoms with Crippen molar-refractivity contribution in [1.82, 2.24) is 4.90 Å². The number of hydrogen-bond donors (Lipinski definition) is 5. The van der Waals surface area contributed by atoms with Gasteiger partial charge in [-0.1, -0.05) is 44.6 Å². The van der Waals surface area contributed by atoms with Crippen LogP contribution in [0.3, 0.4) is 0 Å². The summed E-state index contributed by atoms with van der Waals surface area (Å²) < 4.78 is 23.1. The Balaban J connectivity index is 2.15. The Labute approximate surface area is 344 Å². The summed E-state index contributed by atoms with van der Waals surface area (Å²) in [6, 6.07) is -1.26. The molecule has 1 aliphatic carbocycles. The Morgan fingerprint density at radius 1 is 0.931 bits per heavy atom. The highest BCUT2D eigenvalue weighted by atomic mass is 16.5.